The zero-order chi connectivity index (χ0) is 16.9. The van der Waals surface area contributed by atoms with Crippen LogP contribution in [0.2, 0.25) is 0 Å². The van der Waals surface area contributed by atoms with Gasteiger partial charge in [-0.15, -0.1) is 0 Å². The normalized spacial score (nSPS) is 11.9. The van der Waals surface area contributed by atoms with E-state index in [4.69, 9.17) is 0 Å². The van der Waals surface area contributed by atoms with Crippen LogP contribution in [-0.4, -0.2) is 44.2 Å². The molecule has 5 nitrogen and oxygen atoms in total. The molecule has 0 atom stereocenters. The quantitative estimate of drug-likeness (QED) is 0.567. The average Bonchev–Trinajstić information content (AvgIpc) is 2.50. The average molecular weight is 491 g/mol. The molecule has 0 aliphatic rings. The maximum absolute atomic E-state index is 12.2. The molecule has 0 unspecified atom stereocenters. The van der Waals surface area contributed by atoms with Crippen molar-refractivity contribution in [3.8, 4) is 0 Å². The van der Waals surface area contributed by atoms with Crippen LogP contribution in [0.15, 0.2) is 23.1 Å². The van der Waals surface area contributed by atoms with Gasteiger partial charge in [0.15, 0.2) is 0 Å². The molecular formula is C15H19N2O3SW-. The zero-order valence-corrected chi connectivity index (χ0v) is 16.8. The van der Waals surface area contributed by atoms with E-state index < -0.39 is 10.0 Å². The minimum atomic E-state index is -3.56. The maximum atomic E-state index is 12.2. The number of nitrogens with zero attached hydrogens (tertiary/aromatic N) is 2. The van der Waals surface area contributed by atoms with Crippen LogP contribution in [0, 0.1) is 6.07 Å². The van der Waals surface area contributed by atoms with E-state index in [-0.39, 0.29) is 10.8 Å². The van der Waals surface area contributed by atoms with Crippen LogP contribution in [0.4, 0.5) is 5.69 Å². The van der Waals surface area contributed by atoms with Crippen LogP contribution in [0.1, 0.15) is 18.9 Å². The second kappa shape index (κ2) is 7.95. The first-order valence-electron chi connectivity index (χ1n) is 6.63. The van der Waals surface area contributed by atoms with Crippen molar-refractivity contribution in [2.45, 2.75) is 18.2 Å². The topological polar surface area (TPSA) is 57.7 Å². The van der Waals surface area contributed by atoms with Crippen LogP contribution in [-0.2, 0) is 34.2 Å². The van der Waals surface area contributed by atoms with Crippen molar-refractivity contribution in [3.05, 3.63) is 29.8 Å². The molecule has 0 fully saturated rings. The number of allylic oxidation sites excluding steroid dienone is 1. The Labute approximate surface area is 143 Å². The molecule has 120 valence electrons. The van der Waals surface area contributed by atoms with Gasteiger partial charge in [0.2, 0.25) is 0 Å². The van der Waals surface area contributed by atoms with Crippen LogP contribution < -0.4 is 4.90 Å². The molecule has 0 radical (unpaired) electrons. The summed E-state index contributed by atoms with van der Waals surface area (Å²) in [4.78, 5) is 13.5. The molecule has 0 spiro atoms. The molecule has 22 heavy (non-hydrogen) atoms. The molecule has 7 heteroatoms. The SMILES string of the molecule is CCC(=O)N(C)c1ccc(S(=O)(=O)N(C)C)[c-]c1/C=C\[CH]=[W]. The number of sulfonamides is 1. The summed E-state index contributed by atoms with van der Waals surface area (Å²) < 4.78 is 27.5. The van der Waals surface area contributed by atoms with Crippen LogP contribution >= 0.6 is 0 Å². The molecule has 0 aliphatic carbocycles. The first kappa shape index (κ1) is 18.9. The summed E-state index contributed by atoms with van der Waals surface area (Å²) in [6.45, 7) is 1.78. The number of benzene rings is 1. The van der Waals surface area contributed by atoms with Crippen molar-refractivity contribution in [3.63, 3.8) is 0 Å². The Morgan fingerprint density at radius 3 is 2.45 bits per heavy atom. The van der Waals surface area contributed by atoms with Crippen molar-refractivity contribution < 1.29 is 32.6 Å². The van der Waals surface area contributed by atoms with E-state index in [1.807, 2.05) is 10.5 Å². The third-order valence-corrected chi connectivity index (χ3v) is 5.38. The van der Waals surface area contributed by atoms with Crippen LogP contribution in [0.5, 0.6) is 0 Å². The monoisotopic (exact) mass is 491 g/mol. The molecule has 0 aromatic heterocycles. The van der Waals surface area contributed by atoms with E-state index in [0.29, 0.717) is 17.7 Å². The van der Waals surface area contributed by atoms with Gasteiger partial charge >= 0.3 is 143 Å². The number of anilines is 1. The summed E-state index contributed by atoms with van der Waals surface area (Å²) in [6.07, 6.45) is 3.96. The summed E-state index contributed by atoms with van der Waals surface area (Å²) in [5.41, 5.74) is 1.21. The van der Waals surface area contributed by atoms with Gasteiger partial charge in [0.25, 0.3) is 0 Å². The molecule has 0 aliphatic heterocycles. The summed E-state index contributed by atoms with van der Waals surface area (Å²) in [5.74, 6) is -0.0441. The Morgan fingerprint density at radius 1 is 1.32 bits per heavy atom. The van der Waals surface area contributed by atoms with Crippen molar-refractivity contribution >= 4 is 32.1 Å². The fraction of sp³-hybridized carbons (Fsp3) is 0.333. The number of carbonyl (C=O) groups is 1. The Bertz CT molecular complexity index is 697. The molecule has 0 N–H and O–H groups in total. The Balaban J connectivity index is 3.46. The fourth-order valence-electron chi connectivity index (χ4n) is 1.76. The van der Waals surface area contributed by atoms with E-state index in [0.717, 1.165) is 4.31 Å². The van der Waals surface area contributed by atoms with Gasteiger partial charge in [-0.05, 0) is 0 Å². The second-order valence-electron chi connectivity index (χ2n) is 4.71. The molecule has 0 heterocycles. The third kappa shape index (κ3) is 4.22. The molecule has 0 saturated carbocycles. The number of rotatable bonds is 6. The summed E-state index contributed by atoms with van der Waals surface area (Å²) >= 11 is 1.28. The number of hydrogen-bond donors (Lipinski definition) is 0. The molecule has 1 aromatic rings. The van der Waals surface area contributed by atoms with Crippen molar-refractivity contribution in [1.29, 1.82) is 0 Å². The van der Waals surface area contributed by atoms with Crippen molar-refractivity contribution in [2.24, 2.45) is 0 Å². The van der Waals surface area contributed by atoms with E-state index in [2.05, 4.69) is 6.07 Å². The van der Waals surface area contributed by atoms with Crippen molar-refractivity contribution in [2.75, 3.05) is 26.0 Å². The third-order valence-electron chi connectivity index (χ3n) is 3.06. The van der Waals surface area contributed by atoms with Gasteiger partial charge in [-0.1, -0.05) is 0 Å². The van der Waals surface area contributed by atoms with E-state index in [1.54, 1.807) is 26.1 Å². The Kier molecular flexibility index (Phi) is 6.85. The Hall–Kier alpha value is -1.10. The first-order chi connectivity index (χ1) is 10.3. The van der Waals surface area contributed by atoms with Crippen LogP contribution in [0.3, 0.4) is 0 Å². The predicted octanol–water partition coefficient (Wildman–Crippen LogP) is 1.47. The molecule has 0 saturated heterocycles. The molecule has 1 aromatic carbocycles. The van der Waals surface area contributed by atoms with E-state index >= 15 is 0 Å². The second-order valence-corrected chi connectivity index (χ2v) is 7.81. The molecule has 1 amide bonds. The van der Waals surface area contributed by atoms with Gasteiger partial charge in [0.05, 0.1) is 0 Å². The summed E-state index contributed by atoms with van der Waals surface area (Å²) in [7, 11) is 1.07. The Morgan fingerprint density at radius 2 is 1.95 bits per heavy atom. The van der Waals surface area contributed by atoms with Gasteiger partial charge < -0.3 is 0 Å². The zero-order valence-electron chi connectivity index (χ0n) is 13.0. The minimum absolute atomic E-state index is 0.0441. The van der Waals surface area contributed by atoms with Gasteiger partial charge in [0, 0.05) is 0 Å². The van der Waals surface area contributed by atoms with E-state index in [1.165, 1.54) is 44.4 Å². The van der Waals surface area contributed by atoms with Gasteiger partial charge in [-0.25, -0.2) is 0 Å². The van der Waals surface area contributed by atoms with Gasteiger partial charge in [-0.3, -0.25) is 0 Å². The summed E-state index contributed by atoms with van der Waals surface area (Å²) in [5, 5.41) is 0. The first-order valence-corrected chi connectivity index (χ1v) is 9.76. The van der Waals surface area contributed by atoms with Crippen LogP contribution in [0.25, 0.3) is 6.08 Å². The van der Waals surface area contributed by atoms with E-state index in [9.17, 15) is 13.2 Å². The van der Waals surface area contributed by atoms with Crippen molar-refractivity contribution in [1.82, 2.24) is 4.31 Å². The number of hydrogen-bond acceptors (Lipinski definition) is 3. The molecular weight excluding hydrogens is 472 g/mol. The number of amides is 1. The van der Waals surface area contributed by atoms with Gasteiger partial charge in [0.1, 0.15) is 0 Å². The predicted molar refractivity (Wildman–Crippen MR) is 84.9 cm³/mol. The molecule has 1 rings (SSSR count). The standard InChI is InChI=1S/C15H19N2O3S.W/c1-6-8-12-11-13(21(19,20)16(3)4)9-10-14(12)17(5)15(18)7-2;/h1,6,8-10H,7H2,2-5H3;/q-1;/b8-6-;. The number of carbonyl (C=O) groups excluding carboxylic acids is 1. The van der Waals surface area contributed by atoms with Gasteiger partial charge in [-0.2, -0.15) is 0 Å². The fourth-order valence-corrected chi connectivity index (χ4v) is 2.91. The summed E-state index contributed by atoms with van der Waals surface area (Å²) in [6, 6.07) is 6.02. The molecule has 0 bridgehead atoms.